The van der Waals surface area contributed by atoms with Crippen LogP contribution in [0, 0.1) is 45.3 Å². The van der Waals surface area contributed by atoms with E-state index in [2.05, 4.69) is 47.6 Å². The van der Waals surface area contributed by atoms with Gasteiger partial charge in [-0.15, -0.1) is 0 Å². The predicted octanol–water partition coefficient (Wildman–Crippen LogP) is 0.606. The Hall–Kier alpha value is -0.940. The van der Waals surface area contributed by atoms with Crippen molar-refractivity contribution in [3.8, 4) is 0 Å². The van der Waals surface area contributed by atoms with E-state index >= 15 is 0 Å². The number of hydrogen-bond acceptors (Lipinski definition) is 17. The Kier molecular flexibility index (Phi) is 12.2. The van der Waals surface area contributed by atoms with Gasteiger partial charge >= 0.3 is 0 Å². The molecule has 0 amide bonds. The molecular weight excluding hydrogens is 824 g/mol. The molecule has 2 bridgehead atoms. The molecule has 9 aliphatic rings. The highest BCUT2D eigenvalue weighted by molar-refractivity contribution is 5.26. The molecular formula is C46H74O17. The summed E-state index contributed by atoms with van der Waals surface area (Å²) in [5.74, 6) is -0.0237. The van der Waals surface area contributed by atoms with Crippen LogP contribution in [-0.4, -0.2) is 176 Å². The minimum atomic E-state index is -1.79. The Morgan fingerprint density at radius 3 is 2.00 bits per heavy atom. The van der Waals surface area contributed by atoms with E-state index in [0.29, 0.717) is 25.4 Å². The fraction of sp³-hybridized carbons (Fsp3) is 0.957. The smallest absolute Gasteiger partial charge is 0.187 e. The maximum Gasteiger partial charge on any atom is 0.187 e. The topological polar surface area (TPSA) is 256 Å². The van der Waals surface area contributed by atoms with Crippen molar-refractivity contribution in [3.63, 3.8) is 0 Å². The lowest BCUT2D eigenvalue weighted by molar-refractivity contribution is -0.375. The minimum Gasteiger partial charge on any atom is -0.394 e. The molecule has 360 valence electrons. The molecule has 9 N–H and O–H groups in total. The average molecular weight is 899 g/mol. The first-order valence-corrected chi connectivity index (χ1v) is 23.5. The molecule has 24 atom stereocenters. The van der Waals surface area contributed by atoms with E-state index in [1.165, 1.54) is 0 Å². The number of rotatable bonds is 9. The number of fused-ring (bicyclic) bond motifs is 4. The third-order valence-corrected chi connectivity index (χ3v) is 18.4. The normalized spacial score (nSPS) is 57.2. The standard InChI is InChI=1S/C46H74O17/c1-21(2)14-22-15-44(7,55)37-23-8-9-28-42(5)12-11-29(41(3,4)27(42)10-13-43(28,6)45(23)19-46(37,63-22)57-20-45)60-40-36(62-38-33(53)31(51)26(17-48)59-38)35(24(49)18-56-40)61-39-34(54)32(52)30(50)25(16-47)58-39/h14,22-40,47-55H,8-13,15-20H2,1-7H3/t22-,23+,24-,25+,26-,27-,28+,29-,30+,31-,32-,33+,34+,35-,36+,37-,38-,39-,40-,42-,43+,44-,45+,46+/m1/s1. The first-order valence-electron chi connectivity index (χ1n) is 23.5. The fourth-order valence-corrected chi connectivity index (χ4v) is 15.6. The largest absolute Gasteiger partial charge is 0.394 e. The average Bonchev–Trinajstić information content (AvgIpc) is 3.83. The molecule has 0 aromatic heterocycles. The van der Waals surface area contributed by atoms with Crippen LogP contribution in [0.5, 0.6) is 0 Å². The quantitative estimate of drug-likeness (QED) is 0.114. The molecule has 63 heavy (non-hydrogen) atoms. The van der Waals surface area contributed by atoms with Crippen molar-refractivity contribution in [1.29, 1.82) is 0 Å². The summed E-state index contributed by atoms with van der Waals surface area (Å²) in [4.78, 5) is 0. The van der Waals surface area contributed by atoms with Gasteiger partial charge in [-0.25, -0.2) is 0 Å². The predicted molar refractivity (Wildman–Crippen MR) is 219 cm³/mol. The van der Waals surface area contributed by atoms with Crippen molar-refractivity contribution in [2.45, 2.75) is 203 Å². The maximum atomic E-state index is 12.2. The summed E-state index contributed by atoms with van der Waals surface area (Å²) in [6.07, 6.45) is -11.0. The van der Waals surface area contributed by atoms with Gasteiger partial charge < -0.3 is 83.9 Å². The Morgan fingerprint density at radius 1 is 0.714 bits per heavy atom. The van der Waals surface area contributed by atoms with Gasteiger partial charge in [0.15, 0.2) is 24.7 Å². The first kappa shape index (κ1) is 47.1. The molecule has 5 heterocycles. The molecule has 5 saturated heterocycles. The van der Waals surface area contributed by atoms with Gasteiger partial charge in [-0.1, -0.05) is 39.3 Å². The van der Waals surface area contributed by atoms with E-state index in [9.17, 15) is 46.0 Å². The number of aliphatic hydroxyl groups excluding tert-OH is 8. The van der Waals surface area contributed by atoms with E-state index in [4.69, 9.17) is 37.9 Å². The van der Waals surface area contributed by atoms with Crippen molar-refractivity contribution < 1.29 is 83.9 Å². The van der Waals surface area contributed by atoms with Crippen LogP contribution in [-0.2, 0) is 37.9 Å². The van der Waals surface area contributed by atoms with Crippen LogP contribution < -0.4 is 0 Å². The lowest BCUT2D eigenvalue weighted by Crippen LogP contribution is -2.67. The Morgan fingerprint density at radius 2 is 1.35 bits per heavy atom. The first-order chi connectivity index (χ1) is 29.6. The van der Waals surface area contributed by atoms with E-state index in [0.717, 1.165) is 44.1 Å². The summed E-state index contributed by atoms with van der Waals surface area (Å²) >= 11 is 0. The molecule has 0 aromatic carbocycles. The summed E-state index contributed by atoms with van der Waals surface area (Å²) in [6, 6.07) is 0. The van der Waals surface area contributed by atoms with Crippen LogP contribution in [0.2, 0.25) is 0 Å². The molecule has 9 fully saturated rings. The summed E-state index contributed by atoms with van der Waals surface area (Å²) in [5, 5.41) is 96.7. The molecule has 4 saturated carbocycles. The lowest BCUT2D eigenvalue weighted by atomic mass is 9.35. The zero-order valence-corrected chi connectivity index (χ0v) is 37.8. The molecule has 0 radical (unpaired) electrons. The highest BCUT2D eigenvalue weighted by atomic mass is 16.8. The molecule has 9 rings (SSSR count). The Labute approximate surface area is 369 Å². The Balaban J connectivity index is 0.969. The Bertz CT molecular complexity index is 1710. The zero-order chi connectivity index (χ0) is 45.4. The SMILES string of the molecule is CC(C)=C[C@@H]1C[C@@](C)(O)[C@H]2[C@@H]3CC[C@H]4[C@]5(C)CC[C@@H](O[C@H]6OC[C@@H](O)[C@@H](O[C@H]7O[C@@H](CO)[C@H](O)[C@@H](O)[C@@H]7O)[C@@H]6O[C@H]6O[C@H](CO)[C@@H](O)[C@@H]6O)C(C)(C)[C@H]5CC[C@]4(C)[C@@]34CO[C@@]2(C4)O1. The molecule has 4 aliphatic carbocycles. The third-order valence-electron chi connectivity index (χ3n) is 18.4. The van der Waals surface area contributed by atoms with E-state index in [1.54, 1.807) is 0 Å². The van der Waals surface area contributed by atoms with E-state index in [1.807, 2.05) is 6.92 Å². The molecule has 0 aromatic rings. The van der Waals surface area contributed by atoms with Gasteiger partial charge in [-0.2, -0.15) is 0 Å². The van der Waals surface area contributed by atoms with Crippen molar-refractivity contribution in [2.75, 3.05) is 26.4 Å². The van der Waals surface area contributed by atoms with Crippen molar-refractivity contribution in [3.05, 3.63) is 11.6 Å². The van der Waals surface area contributed by atoms with Crippen molar-refractivity contribution in [1.82, 2.24) is 0 Å². The third kappa shape index (κ3) is 7.11. The van der Waals surface area contributed by atoms with E-state index < -0.39 is 110 Å². The number of allylic oxidation sites excluding steroid dienone is 1. The van der Waals surface area contributed by atoms with Crippen LogP contribution in [0.15, 0.2) is 11.6 Å². The van der Waals surface area contributed by atoms with Crippen LogP contribution in [0.3, 0.4) is 0 Å². The summed E-state index contributed by atoms with van der Waals surface area (Å²) in [7, 11) is 0. The summed E-state index contributed by atoms with van der Waals surface area (Å²) in [6.45, 7) is 14.6. The summed E-state index contributed by atoms with van der Waals surface area (Å²) in [5.41, 5.74) is -0.453. The minimum absolute atomic E-state index is 0.0626. The van der Waals surface area contributed by atoms with Gasteiger partial charge in [0.1, 0.15) is 61.0 Å². The highest BCUT2D eigenvalue weighted by Gasteiger charge is 2.81. The van der Waals surface area contributed by atoms with Gasteiger partial charge in [0.2, 0.25) is 0 Å². The molecule has 5 aliphatic heterocycles. The zero-order valence-electron chi connectivity index (χ0n) is 37.8. The number of aliphatic hydroxyl groups is 9. The molecule has 17 nitrogen and oxygen atoms in total. The van der Waals surface area contributed by atoms with Gasteiger partial charge in [0.05, 0.1) is 44.2 Å². The number of ether oxygens (including phenoxy) is 8. The monoisotopic (exact) mass is 898 g/mol. The second-order valence-corrected chi connectivity index (χ2v) is 22.5. The summed E-state index contributed by atoms with van der Waals surface area (Å²) < 4.78 is 50.7. The molecule has 2 spiro atoms. The van der Waals surface area contributed by atoms with Crippen molar-refractivity contribution >= 4 is 0 Å². The van der Waals surface area contributed by atoms with Crippen LogP contribution >= 0.6 is 0 Å². The van der Waals surface area contributed by atoms with Crippen LogP contribution in [0.25, 0.3) is 0 Å². The van der Waals surface area contributed by atoms with E-state index in [-0.39, 0.29) is 52.8 Å². The van der Waals surface area contributed by atoms with Gasteiger partial charge in [-0.05, 0) is 93.3 Å². The second kappa shape index (κ2) is 16.4. The van der Waals surface area contributed by atoms with Crippen LogP contribution in [0.4, 0.5) is 0 Å². The highest BCUT2D eigenvalue weighted by Crippen LogP contribution is 2.80. The van der Waals surface area contributed by atoms with Gasteiger partial charge in [0.25, 0.3) is 0 Å². The maximum absolute atomic E-state index is 12.2. The van der Waals surface area contributed by atoms with Gasteiger partial charge in [0, 0.05) is 24.2 Å². The lowest BCUT2D eigenvalue weighted by Gasteiger charge is -2.70. The van der Waals surface area contributed by atoms with Crippen molar-refractivity contribution in [2.24, 2.45) is 45.3 Å². The van der Waals surface area contributed by atoms with Crippen LogP contribution in [0.1, 0.15) is 99.8 Å². The molecule has 0 unspecified atom stereocenters. The van der Waals surface area contributed by atoms with Gasteiger partial charge in [-0.3, -0.25) is 0 Å². The molecule has 17 heteroatoms. The fourth-order valence-electron chi connectivity index (χ4n) is 15.6. The number of hydrogen-bond donors (Lipinski definition) is 9. The second-order valence-electron chi connectivity index (χ2n) is 22.5.